The molecule has 6 nitrogen and oxygen atoms in total. The number of rotatable bonds is 8. The van der Waals surface area contributed by atoms with Gasteiger partial charge < -0.3 is 20.0 Å². The van der Waals surface area contributed by atoms with Crippen LogP contribution in [-0.4, -0.2) is 49.6 Å². The first-order valence-electron chi connectivity index (χ1n) is 9.29. The van der Waals surface area contributed by atoms with Gasteiger partial charge in [-0.2, -0.15) is 0 Å². The quantitative estimate of drug-likeness (QED) is 0.557. The summed E-state index contributed by atoms with van der Waals surface area (Å²) in [5.74, 6) is 3.01. The standard InChI is InChI=1S/C19H37N5O/c1-9-14(10-2)15(24(7)8)11-22-18(20-6)23-13-17-21-12-16(25-17)19(3,4)5/h12,14-15H,9-11,13H2,1-8H3,(H2,20,22,23). The van der Waals surface area contributed by atoms with Gasteiger partial charge in [0.2, 0.25) is 5.89 Å². The summed E-state index contributed by atoms with van der Waals surface area (Å²) in [5, 5.41) is 6.72. The fourth-order valence-corrected chi connectivity index (χ4v) is 2.92. The van der Waals surface area contributed by atoms with E-state index in [4.69, 9.17) is 4.42 Å². The lowest BCUT2D eigenvalue weighted by molar-refractivity contribution is 0.200. The van der Waals surface area contributed by atoms with Crippen molar-refractivity contribution in [2.75, 3.05) is 27.7 Å². The Kier molecular flexibility index (Phi) is 8.42. The van der Waals surface area contributed by atoms with Crippen molar-refractivity contribution >= 4 is 5.96 Å². The molecule has 25 heavy (non-hydrogen) atoms. The van der Waals surface area contributed by atoms with Crippen LogP contribution in [-0.2, 0) is 12.0 Å². The van der Waals surface area contributed by atoms with Gasteiger partial charge >= 0.3 is 0 Å². The fraction of sp³-hybridized carbons (Fsp3) is 0.789. The first kappa shape index (κ1) is 21.5. The summed E-state index contributed by atoms with van der Waals surface area (Å²) in [6.45, 7) is 12.2. The van der Waals surface area contributed by atoms with E-state index in [0.29, 0.717) is 24.4 Å². The number of nitrogens with zero attached hydrogens (tertiary/aromatic N) is 3. The molecule has 0 spiro atoms. The summed E-state index contributed by atoms with van der Waals surface area (Å²) < 4.78 is 5.82. The summed E-state index contributed by atoms with van der Waals surface area (Å²) in [6, 6.07) is 0.475. The molecule has 0 saturated carbocycles. The van der Waals surface area contributed by atoms with Gasteiger partial charge in [0.25, 0.3) is 0 Å². The lowest BCUT2D eigenvalue weighted by Gasteiger charge is -2.32. The monoisotopic (exact) mass is 351 g/mol. The van der Waals surface area contributed by atoms with E-state index in [1.807, 2.05) is 6.20 Å². The minimum Gasteiger partial charge on any atom is -0.443 e. The third-order valence-corrected chi connectivity index (χ3v) is 4.66. The Hall–Kier alpha value is -1.56. The highest BCUT2D eigenvalue weighted by Crippen LogP contribution is 2.22. The molecule has 0 aliphatic rings. The van der Waals surface area contributed by atoms with Crippen LogP contribution in [0.3, 0.4) is 0 Å². The highest BCUT2D eigenvalue weighted by atomic mass is 16.4. The van der Waals surface area contributed by atoms with E-state index in [1.54, 1.807) is 7.05 Å². The molecule has 1 aromatic rings. The molecule has 0 radical (unpaired) electrons. The summed E-state index contributed by atoms with van der Waals surface area (Å²) in [6.07, 6.45) is 4.17. The predicted octanol–water partition coefficient (Wildman–Crippen LogP) is 3.00. The minimum atomic E-state index is -0.0283. The minimum absolute atomic E-state index is 0.0283. The van der Waals surface area contributed by atoms with Crippen molar-refractivity contribution in [3.63, 3.8) is 0 Å². The highest BCUT2D eigenvalue weighted by molar-refractivity contribution is 5.79. The molecule has 6 heteroatoms. The lowest BCUT2D eigenvalue weighted by atomic mass is 9.93. The molecule has 1 rings (SSSR count). The number of aromatic nitrogens is 1. The predicted molar refractivity (Wildman–Crippen MR) is 105 cm³/mol. The van der Waals surface area contributed by atoms with E-state index in [9.17, 15) is 0 Å². The lowest BCUT2D eigenvalue weighted by Crippen LogP contribution is -2.47. The molecule has 1 aromatic heterocycles. The Morgan fingerprint density at radius 3 is 2.32 bits per heavy atom. The van der Waals surface area contributed by atoms with Crippen LogP contribution in [0.2, 0.25) is 0 Å². The number of likely N-dealkylation sites (N-methyl/N-ethyl adjacent to an activating group) is 1. The van der Waals surface area contributed by atoms with Gasteiger partial charge in [-0.3, -0.25) is 4.99 Å². The van der Waals surface area contributed by atoms with Crippen LogP contribution in [0.25, 0.3) is 0 Å². The molecule has 0 aliphatic heterocycles. The van der Waals surface area contributed by atoms with Crippen LogP contribution in [0.4, 0.5) is 0 Å². The maximum absolute atomic E-state index is 5.82. The molecule has 2 N–H and O–H groups in total. The van der Waals surface area contributed by atoms with Crippen LogP contribution >= 0.6 is 0 Å². The van der Waals surface area contributed by atoms with E-state index in [0.717, 1.165) is 18.3 Å². The number of nitrogens with one attached hydrogen (secondary N) is 2. The van der Waals surface area contributed by atoms with Crippen molar-refractivity contribution in [3.8, 4) is 0 Å². The SMILES string of the molecule is CCC(CC)C(CNC(=NC)NCc1ncc(C(C)(C)C)o1)N(C)C. The molecule has 1 unspecified atom stereocenters. The van der Waals surface area contributed by atoms with E-state index < -0.39 is 0 Å². The first-order chi connectivity index (χ1) is 11.7. The third-order valence-electron chi connectivity index (χ3n) is 4.66. The average molecular weight is 352 g/mol. The summed E-state index contributed by atoms with van der Waals surface area (Å²) in [5.41, 5.74) is -0.0283. The van der Waals surface area contributed by atoms with Crippen LogP contribution in [0.15, 0.2) is 15.6 Å². The summed E-state index contributed by atoms with van der Waals surface area (Å²) in [4.78, 5) is 10.9. The maximum atomic E-state index is 5.82. The molecule has 144 valence electrons. The molecule has 0 amide bonds. The zero-order valence-corrected chi connectivity index (χ0v) is 17.3. The van der Waals surface area contributed by atoms with Gasteiger partial charge in [0.15, 0.2) is 5.96 Å². The topological polar surface area (TPSA) is 65.7 Å². The van der Waals surface area contributed by atoms with Crippen molar-refractivity contribution in [2.45, 2.75) is 65.5 Å². The second-order valence-electron chi connectivity index (χ2n) is 7.78. The largest absolute Gasteiger partial charge is 0.443 e. The number of hydrogen-bond acceptors (Lipinski definition) is 4. The highest BCUT2D eigenvalue weighted by Gasteiger charge is 2.21. The molecule has 0 aromatic carbocycles. The number of aliphatic imine (C=N–C) groups is 1. The van der Waals surface area contributed by atoms with Crippen LogP contribution in [0, 0.1) is 5.92 Å². The Morgan fingerprint density at radius 2 is 1.88 bits per heavy atom. The second-order valence-corrected chi connectivity index (χ2v) is 7.78. The van der Waals surface area contributed by atoms with Crippen molar-refractivity contribution < 1.29 is 4.42 Å². The Morgan fingerprint density at radius 1 is 1.24 bits per heavy atom. The fourth-order valence-electron chi connectivity index (χ4n) is 2.92. The van der Waals surface area contributed by atoms with E-state index in [-0.39, 0.29) is 5.41 Å². The van der Waals surface area contributed by atoms with Crippen molar-refractivity contribution in [2.24, 2.45) is 10.9 Å². The summed E-state index contributed by atoms with van der Waals surface area (Å²) in [7, 11) is 6.07. The smallest absolute Gasteiger partial charge is 0.213 e. The second kappa shape index (κ2) is 9.80. The zero-order valence-electron chi connectivity index (χ0n) is 17.3. The summed E-state index contributed by atoms with van der Waals surface area (Å²) >= 11 is 0. The normalized spacial score (nSPS) is 14.2. The van der Waals surface area contributed by atoms with Gasteiger partial charge in [0.05, 0.1) is 12.7 Å². The molecule has 1 heterocycles. The Labute approximate surface area is 153 Å². The van der Waals surface area contributed by atoms with Gasteiger partial charge in [0, 0.05) is 25.0 Å². The van der Waals surface area contributed by atoms with E-state index >= 15 is 0 Å². The van der Waals surface area contributed by atoms with Gasteiger partial charge in [-0.15, -0.1) is 0 Å². The molecular weight excluding hydrogens is 314 g/mol. The van der Waals surface area contributed by atoms with Crippen molar-refractivity contribution in [3.05, 3.63) is 17.8 Å². The van der Waals surface area contributed by atoms with Crippen LogP contribution in [0.5, 0.6) is 0 Å². The number of hydrogen-bond donors (Lipinski definition) is 2. The van der Waals surface area contributed by atoms with Crippen LogP contribution < -0.4 is 10.6 Å². The third kappa shape index (κ3) is 6.69. The molecular formula is C19H37N5O. The molecule has 0 fully saturated rings. The number of oxazole rings is 1. The Balaban J connectivity index is 2.58. The van der Waals surface area contributed by atoms with E-state index in [2.05, 4.69) is 74.2 Å². The molecule has 0 bridgehead atoms. The average Bonchev–Trinajstić information content (AvgIpc) is 3.03. The van der Waals surface area contributed by atoms with E-state index in [1.165, 1.54) is 12.8 Å². The molecule has 0 aliphatic carbocycles. The number of guanidine groups is 1. The molecule has 0 saturated heterocycles. The van der Waals surface area contributed by atoms with Gasteiger partial charge in [0.1, 0.15) is 5.76 Å². The Bertz CT molecular complexity index is 526. The van der Waals surface area contributed by atoms with Crippen LogP contribution in [0.1, 0.15) is 59.1 Å². The zero-order chi connectivity index (χ0) is 19.0. The molecule has 1 atom stereocenters. The van der Waals surface area contributed by atoms with Crippen molar-refractivity contribution in [1.29, 1.82) is 0 Å². The van der Waals surface area contributed by atoms with Crippen molar-refractivity contribution in [1.82, 2.24) is 20.5 Å². The van der Waals surface area contributed by atoms with Gasteiger partial charge in [-0.05, 0) is 20.0 Å². The first-order valence-corrected chi connectivity index (χ1v) is 9.29. The van der Waals surface area contributed by atoms with Gasteiger partial charge in [-0.25, -0.2) is 4.98 Å². The maximum Gasteiger partial charge on any atom is 0.213 e. The van der Waals surface area contributed by atoms with Gasteiger partial charge in [-0.1, -0.05) is 47.5 Å².